The number of aromatic nitrogens is 3. The van der Waals surface area contributed by atoms with Crippen molar-refractivity contribution in [3.05, 3.63) is 0 Å². The topological polar surface area (TPSA) is 51.0 Å². The van der Waals surface area contributed by atoms with Crippen LogP contribution in [-0.2, 0) is 4.79 Å². The fourth-order valence-corrected chi connectivity index (χ4v) is 3.84. The maximum Gasteiger partial charge on any atom is 0.228 e. The Morgan fingerprint density at radius 2 is 1.86 bits per heavy atom. The normalized spacial score (nSPS) is 19.5. The van der Waals surface area contributed by atoms with E-state index < -0.39 is 0 Å². The number of thioether (sulfide) groups is 1. The lowest BCUT2D eigenvalue weighted by atomic mass is 9.92. The Bertz CT molecular complexity index is 539. The van der Waals surface area contributed by atoms with Gasteiger partial charge in [0.1, 0.15) is 5.78 Å². The molecule has 3 rings (SSSR count). The highest BCUT2D eigenvalue weighted by molar-refractivity contribution is 7.99. The molecule has 0 amide bonds. The second-order valence-corrected chi connectivity index (χ2v) is 8.34. The number of carbonyl (C=O) groups excluding carboxylic acids is 1. The summed E-state index contributed by atoms with van der Waals surface area (Å²) in [5, 5.41) is 9.75. The van der Waals surface area contributed by atoms with Crippen LogP contribution in [0.2, 0.25) is 0 Å². The summed E-state index contributed by atoms with van der Waals surface area (Å²) in [5.74, 6) is 1.77. The molecule has 0 radical (unpaired) electrons. The fourth-order valence-electron chi connectivity index (χ4n) is 2.68. The zero-order valence-corrected chi connectivity index (χ0v) is 14.7. The number of ketones is 1. The summed E-state index contributed by atoms with van der Waals surface area (Å²) in [6.45, 7) is 8.08. The van der Waals surface area contributed by atoms with Crippen LogP contribution in [0.4, 0.5) is 5.95 Å². The maximum absolute atomic E-state index is 12.2. The average molecular weight is 322 g/mol. The van der Waals surface area contributed by atoms with Crippen molar-refractivity contribution in [2.24, 2.45) is 5.41 Å². The van der Waals surface area contributed by atoms with Gasteiger partial charge in [-0.25, -0.2) is 0 Å². The quantitative estimate of drug-likeness (QED) is 0.779. The van der Waals surface area contributed by atoms with Gasteiger partial charge in [-0.15, -0.1) is 10.2 Å². The van der Waals surface area contributed by atoms with Gasteiger partial charge in [0.2, 0.25) is 5.95 Å². The van der Waals surface area contributed by atoms with Gasteiger partial charge in [0, 0.05) is 24.5 Å². The van der Waals surface area contributed by atoms with E-state index in [9.17, 15) is 4.79 Å². The summed E-state index contributed by atoms with van der Waals surface area (Å²) < 4.78 is 2.28. The molecule has 5 nitrogen and oxygen atoms in total. The van der Waals surface area contributed by atoms with Gasteiger partial charge < -0.3 is 4.90 Å². The zero-order chi connectivity index (χ0) is 15.7. The largest absolute Gasteiger partial charge is 0.341 e. The Kier molecular flexibility index (Phi) is 4.48. The highest BCUT2D eigenvalue weighted by atomic mass is 32.2. The molecule has 0 spiro atoms. The van der Waals surface area contributed by atoms with Crippen molar-refractivity contribution >= 4 is 23.5 Å². The SMILES string of the molecule is CC(C)(C)C(=O)CSc1nnc(N2CCCCC2)n1C1CC1. The van der Waals surface area contributed by atoms with E-state index in [1.165, 1.54) is 32.1 Å². The molecule has 2 heterocycles. The van der Waals surface area contributed by atoms with Crippen molar-refractivity contribution in [2.75, 3.05) is 23.7 Å². The Hall–Kier alpha value is -1.04. The van der Waals surface area contributed by atoms with E-state index in [1.54, 1.807) is 11.8 Å². The predicted molar refractivity (Wildman–Crippen MR) is 89.5 cm³/mol. The van der Waals surface area contributed by atoms with Gasteiger partial charge in [-0.3, -0.25) is 9.36 Å². The van der Waals surface area contributed by atoms with Crippen molar-refractivity contribution in [2.45, 2.75) is 64.1 Å². The molecule has 6 heteroatoms. The third-order valence-corrected chi connectivity index (χ3v) is 5.31. The number of nitrogens with zero attached hydrogens (tertiary/aromatic N) is 4. The van der Waals surface area contributed by atoms with Crippen LogP contribution in [0.1, 0.15) is 58.9 Å². The molecule has 0 atom stereocenters. The van der Waals surface area contributed by atoms with Gasteiger partial charge in [0.25, 0.3) is 0 Å². The van der Waals surface area contributed by atoms with Gasteiger partial charge in [-0.1, -0.05) is 32.5 Å². The van der Waals surface area contributed by atoms with Crippen molar-refractivity contribution in [1.29, 1.82) is 0 Å². The van der Waals surface area contributed by atoms with E-state index in [2.05, 4.69) is 19.7 Å². The first-order valence-electron chi connectivity index (χ1n) is 8.33. The number of carbonyl (C=O) groups is 1. The molecule has 22 heavy (non-hydrogen) atoms. The van der Waals surface area contributed by atoms with E-state index in [0.29, 0.717) is 11.8 Å². The standard InChI is InChI=1S/C16H26N4OS/c1-16(2,3)13(21)11-22-15-18-17-14(20(15)12-7-8-12)19-9-5-4-6-10-19/h12H,4-11H2,1-3H3. The van der Waals surface area contributed by atoms with Crippen molar-refractivity contribution in [3.63, 3.8) is 0 Å². The summed E-state index contributed by atoms with van der Waals surface area (Å²) in [6, 6.07) is 0.541. The molecule has 0 N–H and O–H groups in total. The molecule has 0 bridgehead atoms. The summed E-state index contributed by atoms with van der Waals surface area (Å²) in [6.07, 6.45) is 6.21. The van der Waals surface area contributed by atoms with Crippen LogP contribution >= 0.6 is 11.8 Å². The predicted octanol–water partition coefficient (Wildman–Crippen LogP) is 3.31. The fraction of sp³-hybridized carbons (Fsp3) is 0.812. The van der Waals surface area contributed by atoms with E-state index in [1.807, 2.05) is 20.8 Å². The van der Waals surface area contributed by atoms with Crippen LogP contribution in [0.5, 0.6) is 0 Å². The van der Waals surface area contributed by atoms with Gasteiger partial charge in [0.05, 0.1) is 5.75 Å². The molecule has 1 aliphatic carbocycles. The average Bonchev–Trinajstić information content (AvgIpc) is 3.24. The van der Waals surface area contributed by atoms with Crippen molar-refractivity contribution in [3.8, 4) is 0 Å². The van der Waals surface area contributed by atoms with Gasteiger partial charge >= 0.3 is 0 Å². The summed E-state index contributed by atoms with van der Waals surface area (Å²) >= 11 is 1.55. The Morgan fingerprint density at radius 3 is 2.45 bits per heavy atom. The molecule has 0 aromatic carbocycles. The molecule has 1 aromatic heterocycles. The lowest BCUT2D eigenvalue weighted by Gasteiger charge is -2.27. The second kappa shape index (κ2) is 6.22. The molecule has 1 aliphatic heterocycles. The molecule has 2 aliphatic rings. The van der Waals surface area contributed by atoms with Crippen molar-refractivity contribution < 1.29 is 4.79 Å². The number of hydrogen-bond donors (Lipinski definition) is 0. The van der Waals surface area contributed by atoms with Crippen LogP contribution in [0.15, 0.2) is 5.16 Å². The van der Waals surface area contributed by atoms with Crippen LogP contribution in [-0.4, -0.2) is 39.4 Å². The minimum Gasteiger partial charge on any atom is -0.341 e. The lowest BCUT2D eigenvalue weighted by molar-refractivity contribution is -0.123. The van der Waals surface area contributed by atoms with E-state index in [-0.39, 0.29) is 11.2 Å². The second-order valence-electron chi connectivity index (χ2n) is 7.39. The third-order valence-electron chi connectivity index (χ3n) is 4.37. The molecule has 1 saturated carbocycles. The molecular weight excluding hydrogens is 296 g/mol. The first-order chi connectivity index (χ1) is 10.5. The highest BCUT2D eigenvalue weighted by Gasteiger charge is 2.32. The Balaban J connectivity index is 1.74. The van der Waals surface area contributed by atoms with E-state index >= 15 is 0 Å². The Labute approximate surface area is 136 Å². The van der Waals surface area contributed by atoms with Gasteiger partial charge in [-0.2, -0.15) is 0 Å². The number of anilines is 1. The van der Waals surface area contributed by atoms with E-state index in [0.717, 1.165) is 24.2 Å². The number of piperidine rings is 1. The number of hydrogen-bond acceptors (Lipinski definition) is 5. The first kappa shape index (κ1) is 15.8. The van der Waals surface area contributed by atoms with Crippen molar-refractivity contribution in [1.82, 2.24) is 14.8 Å². The van der Waals surface area contributed by atoms with Crippen LogP contribution in [0, 0.1) is 5.41 Å². The summed E-state index contributed by atoms with van der Waals surface area (Å²) in [7, 11) is 0. The molecule has 122 valence electrons. The van der Waals surface area contributed by atoms with Crippen LogP contribution < -0.4 is 4.90 Å². The third kappa shape index (κ3) is 3.47. The van der Waals surface area contributed by atoms with Gasteiger partial charge in [0.15, 0.2) is 5.16 Å². The van der Waals surface area contributed by atoms with E-state index in [4.69, 9.17) is 0 Å². The van der Waals surface area contributed by atoms with Crippen LogP contribution in [0.25, 0.3) is 0 Å². The minimum absolute atomic E-state index is 0.266. The molecule has 2 fully saturated rings. The smallest absolute Gasteiger partial charge is 0.228 e. The summed E-state index contributed by atoms with van der Waals surface area (Å²) in [5.41, 5.74) is -0.285. The zero-order valence-electron chi connectivity index (χ0n) is 13.8. The Morgan fingerprint density at radius 1 is 1.18 bits per heavy atom. The molecule has 1 saturated heterocycles. The van der Waals surface area contributed by atoms with Crippen LogP contribution in [0.3, 0.4) is 0 Å². The monoisotopic (exact) mass is 322 g/mol. The number of Topliss-reactive ketones (excluding diaryl/α,β-unsaturated/α-hetero) is 1. The maximum atomic E-state index is 12.2. The van der Waals surface area contributed by atoms with Gasteiger partial charge in [-0.05, 0) is 32.1 Å². The highest BCUT2D eigenvalue weighted by Crippen LogP contribution is 2.41. The molecular formula is C16H26N4OS. The summed E-state index contributed by atoms with van der Waals surface area (Å²) in [4.78, 5) is 14.5. The first-order valence-corrected chi connectivity index (χ1v) is 9.31. The number of rotatable bonds is 5. The molecule has 0 unspecified atom stereocenters. The lowest BCUT2D eigenvalue weighted by Crippen LogP contribution is -2.32. The minimum atomic E-state index is -0.285. The molecule has 1 aromatic rings.